The average molecular weight is 734 g/mol. The molecule has 0 aliphatic carbocycles. The van der Waals surface area contributed by atoms with Crippen molar-refractivity contribution in [3.05, 3.63) is 59.3 Å². The van der Waals surface area contributed by atoms with Crippen LogP contribution in [0.2, 0.25) is 0 Å². The van der Waals surface area contributed by atoms with E-state index in [1.165, 1.54) is 81.3 Å². The number of unbranched alkanes of at least 4 members (excludes halogenated alkanes) is 11. The summed E-state index contributed by atoms with van der Waals surface area (Å²) >= 11 is 0. The fourth-order valence-corrected chi connectivity index (χ4v) is 7.21. The second-order valence-electron chi connectivity index (χ2n) is 13.6. The number of nitrogens with two attached hydrogens (primary N) is 1. The Bertz CT molecular complexity index is 1620. The molecule has 1 aromatic carbocycles. The van der Waals surface area contributed by atoms with Crippen molar-refractivity contribution in [1.82, 2.24) is 14.6 Å². The number of benzene rings is 1. The number of nitrogens with zero attached hydrogens (tertiary/aromatic N) is 4. The van der Waals surface area contributed by atoms with E-state index in [9.17, 15) is 29.3 Å². The molecule has 6 atom stereocenters. The van der Waals surface area contributed by atoms with Crippen LogP contribution in [-0.2, 0) is 29.7 Å². The smallest absolute Gasteiger partial charge is 0.387 e. The number of nitrogen functional groups attached to an aromatic ring is 1. The van der Waals surface area contributed by atoms with Gasteiger partial charge in [0, 0.05) is 0 Å². The average Bonchev–Trinajstić information content (AvgIpc) is 3.64. The highest BCUT2D eigenvalue weighted by Crippen LogP contribution is 2.48. The van der Waals surface area contributed by atoms with E-state index in [1.807, 2.05) is 6.07 Å². The molecule has 5 N–H and O–H groups in total. The molecule has 4 rings (SSSR count). The Kier molecular flexibility index (Phi) is 15.8. The third kappa shape index (κ3) is 12.0. The first-order chi connectivity index (χ1) is 24.5. The Morgan fingerprint density at radius 2 is 1.73 bits per heavy atom. The molecule has 0 saturated carbocycles. The minimum Gasteiger partial charge on any atom is -0.387 e. The number of aromatic nitrogens is 3. The lowest BCUT2D eigenvalue weighted by molar-refractivity contribution is -0.101. The first kappa shape index (κ1) is 40.8. The van der Waals surface area contributed by atoms with Crippen LogP contribution in [0.4, 0.5) is 10.2 Å². The summed E-state index contributed by atoms with van der Waals surface area (Å²) in [6.45, 7) is 2.77. The first-order valence-electron chi connectivity index (χ1n) is 18.0. The van der Waals surface area contributed by atoms with Crippen molar-refractivity contribution in [1.29, 1.82) is 5.26 Å². The van der Waals surface area contributed by atoms with E-state index in [-0.39, 0.29) is 24.6 Å². The Morgan fingerprint density at radius 3 is 2.39 bits per heavy atom. The highest BCUT2D eigenvalue weighted by Gasteiger charge is 2.53. The summed E-state index contributed by atoms with van der Waals surface area (Å²) in [7, 11) is -4.70. The van der Waals surface area contributed by atoms with Gasteiger partial charge in [-0.1, -0.05) is 84.0 Å². The van der Waals surface area contributed by atoms with Crippen LogP contribution >= 0.6 is 7.82 Å². The Morgan fingerprint density at radius 1 is 1.06 bits per heavy atom. The molecule has 3 aromatic rings. The lowest BCUT2D eigenvalue weighted by atomic mass is 9.97. The van der Waals surface area contributed by atoms with Crippen LogP contribution in [0.15, 0.2) is 36.7 Å². The SMILES string of the molecule is CCCCCCCCCCCCCC[C@@H](COP(=O)(O)OC[C@@]1(C)O[C@@H](c2ccc3c(N)ncnn23)[C@H](O)[C@@H]1O)OCc1cc(F)cc(C#N)c1. The number of aliphatic hydroxyl groups is 2. The quantitative estimate of drug-likeness (QED) is 0.0597. The summed E-state index contributed by atoms with van der Waals surface area (Å²) < 4.78 is 51.1. The van der Waals surface area contributed by atoms with E-state index in [0.717, 1.165) is 31.7 Å². The lowest BCUT2D eigenvalue weighted by Gasteiger charge is -2.28. The Hall–Kier alpha value is -2.99. The van der Waals surface area contributed by atoms with Gasteiger partial charge in [-0.3, -0.25) is 9.05 Å². The monoisotopic (exact) mass is 733 g/mol. The molecule has 51 heavy (non-hydrogen) atoms. The van der Waals surface area contributed by atoms with Gasteiger partial charge in [0.15, 0.2) is 5.82 Å². The first-order valence-corrected chi connectivity index (χ1v) is 19.5. The lowest BCUT2D eigenvalue weighted by Crippen LogP contribution is -2.44. The normalized spacial score (nSPS) is 22.3. The van der Waals surface area contributed by atoms with Gasteiger partial charge in [-0.05, 0) is 49.2 Å². The summed E-state index contributed by atoms with van der Waals surface area (Å²) in [5.74, 6) is -0.341. The maximum absolute atomic E-state index is 14.0. The van der Waals surface area contributed by atoms with Crippen LogP contribution < -0.4 is 5.73 Å². The standard InChI is InChI=1S/C36H53FN5O8P/c1-3-4-5-6-7-8-9-10-11-12-13-14-15-29(47-22-27-18-26(21-38)19-28(37)20-27)23-48-51(45,46)49-24-36(2)34(44)32(43)33(50-36)30-16-17-31-35(39)40-25-41-42(30)31/h16-20,25,29,32-34,43-44H,3-15,22-24H2,1-2H3,(H,45,46)(H2,39,40,41)/t29-,32-,33-,34-,36+/m0/s1. The highest BCUT2D eigenvalue weighted by atomic mass is 31.2. The molecule has 15 heteroatoms. The van der Waals surface area contributed by atoms with Crippen molar-refractivity contribution < 1.29 is 42.6 Å². The van der Waals surface area contributed by atoms with Crippen LogP contribution in [0.5, 0.6) is 0 Å². The third-order valence-electron chi connectivity index (χ3n) is 9.35. The van der Waals surface area contributed by atoms with Crippen molar-refractivity contribution >= 4 is 19.2 Å². The number of phosphoric acid groups is 1. The topological polar surface area (TPSA) is 195 Å². The minimum atomic E-state index is -4.70. The zero-order chi connectivity index (χ0) is 36.9. The second-order valence-corrected chi connectivity index (χ2v) is 15.0. The predicted molar refractivity (Wildman–Crippen MR) is 189 cm³/mol. The molecule has 1 saturated heterocycles. The van der Waals surface area contributed by atoms with Crippen LogP contribution in [0.25, 0.3) is 5.52 Å². The summed E-state index contributed by atoms with van der Waals surface area (Å²) in [6, 6.07) is 9.14. The molecule has 1 aliphatic rings. The van der Waals surface area contributed by atoms with E-state index in [2.05, 4.69) is 17.0 Å². The Balaban J connectivity index is 1.28. The molecule has 1 aliphatic heterocycles. The van der Waals surface area contributed by atoms with Crippen molar-refractivity contribution in [3.63, 3.8) is 0 Å². The van der Waals surface area contributed by atoms with Crippen molar-refractivity contribution in [3.8, 4) is 6.07 Å². The number of fused-ring (bicyclic) bond motifs is 1. The maximum Gasteiger partial charge on any atom is 0.472 e. The number of rotatable bonds is 23. The van der Waals surface area contributed by atoms with Crippen molar-refractivity contribution in [2.45, 2.75) is 134 Å². The van der Waals surface area contributed by atoms with Gasteiger partial charge in [0.05, 0.1) is 43.3 Å². The fraction of sp³-hybridized carbons (Fsp3) is 0.639. The number of hydrogen-bond acceptors (Lipinski definition) is 11. The summed E-state index contributed by atoms with van der Waals surface area (Å²) in [4.78, 5) is 14.6. The van der Waals surface area contributed by atoms with Gasteiger partial charge >= 0.3 is 7.82 Å². The van der Waals surface area contributed by atoms with Crippen LogP contribution in [0, 0.1) is 17.1 Å². The molecule has 0 spiro atoms. The maximum atomic E-state index is 14.0. The van der Waals surface area contributed by atoms with Gasteiger partial charge in [0.1, 0.15) is 41.6 Å². The number of hydrogen-bond donors (Lipinski definition) is 4. The van der Waals surface area contributed by atoms with E-state index < -0.39 is 50.3 Å². The predicted octanol–water partition coefficient (Wildman–Crippen LogP) is 6.68. The Labute approximate surface area is 299 Å². The zero-order valence-corrected chi connectivity index (χ0v) is 30.6. The summed E-state index contributed by atoms with van der Waals surface area (Å²) in [5, 5.41) is 35.1. The van der Waals surface area contributed by atoms with Crippen LogP contribution in [0.3, 0.4) is 0 Å². The van der Waals surface area contributed by atoms with Crippen LogP contribution in [-0.4, -0.2) is 66.8 Å². The number of ether oxygens (including phenoxy) is 2. The summed E-state index contributed by atoms with van der Waals surface area (Å²) in [5.41, 5.74) is 5.83. The fourth-order valence-electron chi connectivity index (χ4n) is 6.36. The number of anilines is 1. The van der Waals surface area contributed by atoms with Gasteiger partial charge in [-0.15, -0.1) is 0 Å². The molecule has 1 unspecified atom stereocenters. The van der Waals surface area contributed by atoms with Gasteiger partial charge in [0.2, 0.25) is 0 Å². The zero-order valence-electron chi connectivity index (χ0n) is 29.7. The van der Waals surface area contributed by atoms with Crippen molar-refractivity contribution in [2.75, 3.05) is 18.9 Å². The molecule has 2 aromatic heterocycles. The molecule has 1 fully saturated rings. The van der Waals surface area contributed by atoms with Gasteiger partial charge < -0.3 is 30.3 Å². The van der Waals surface area contributed by atoms with E-state index in [1.54, 1.807) is 12.1 Å². The number of nitriles is 1. The van der Waals surface area contributed by atoms with Crippen LogP contribution in [0.1, 0.15) is 120 Å². The molecule has 13 nitrogen and oxygen atoms in total. The molecule has 0 bridgehead atoms. The largest absolute Gasteiger partial charge is 0.472 e. The molecule has 282 valence electrons. The minimum absolute atomic E-state index is 0.0301. The summed E-state index contributed by atoms with van der Waals surface area (Å²) in [6.07, 6.45) is 11.3. The number of halogens is 1. The number of phosphoric ester groups is 1. The number of aliphatic hydroxyl groups excluding tert-OH is 2. The second kappa shape index (κ2) is 19.7. The molecule has 3 heterocycles. The van der Waals surface area contributed by atoms with E-state index in [4.69, 9.17) is 24.3 Å². The molecule has 0 amide bonds. The van der Waals surface area contributed by atoms with Gasteiger partial charge in [-0.25, -0.2) is 18.5 Å². The van der Waals surface area contributed by atoms with E-state index >= 15 is 0 Å². The van der Waals surface area contributed by atoms with Gasteiger partial charge in [0.25, 0.3) is 0 Å². The van der Waals surface area contributed by atoms with E-state index in [0.29, 0.717) is 23.2 Å². The van der Waals surface area contributed by atoms with Gasteiger partial charge in [-0.2, -0.15) is 10.4 Å². The molecular weight excluding hydrogens is 680 g/mol. The molecular formula is C36H53FN5O8P. The van der Waals surface area contributed by atoms with Crippen molar-refractivity contribution in [2.24, 2.45) is 0 Å². The molecule has 0 radical (unpaired) electrons. The third-order valence-corrected chi connectivity index (χ3v) is 10.3. The highest BCUT2D eigenvalue weighted by molar-refractivity contribution is 7.47.